The highest BCUT2D eigenvalue weighted by Gasteiger charge is 2.62. The minimum absolute atomic E-state index is 0.0816. The Labute approximate surface area is 126 Å². The highest BCUT2D eigenvalue weighted by Crippen LogP contribution is 2.53. The van der Waals surface area contributed by atoms with Gasteiger partial charge in [0.2, 0.25) is 0 Å². The van der Waals surface area contributed by atoms with Gasteiger partial charge in [-0.3, -0.25) is 4.79 Å². The molecule has 21 heavy (non-hydrogen) atoms. The molecule has 1 saturated carbocycles. The van der Waals surface area contributed by atoms with Gasteiger partial charge in [0, 0.05) is 0 Å². The molecule has 1 aliphatic rings. The SMILES string of the molecule is Cc1ccc(S(=O)(=O)C2(C(=O)O)CC(C(C)(C)C)C2)cc1. The van der Waals surface area contributed by atoms with Crippen LogP contribution in [0, 0.1) is 18.3 Å². The van der Waals surface area contributed by atoms with Gasteiger partial charge in [-0.2, -0.15) is 0 Å². The van der Waals surface area contributed by atoms with Crippen molar-refractivity contribution < 1.29 is 18.3 Å². The van der Waals surface area contributed by atoms with Crippen LogP contribution < -0.4 is 0 Å². The van der Waals surface area contributed by atoms with Crippen molar-refractivity contribution >= 4 is 15.8 Å². The van der Waals surface area contributed by atoms with E-state index in [0.29, 0.717) is 0 Å². The number of aliphatic carboxylic acids is 1. The standard InChI is InChI=1S/C16H22O4S/c1-11-5-7-13(8-6-11)21(19,20)16(14(17)18)9-12(10-16)15(2,3)4/h5-8,12H,9-10H2,1-4H3,(H,17,18). The first kappa shape index (κ1) is 16.0. The Morgan fingerprint density at radius 3 is 2.05 bits per heavy atom. The van der Waals surface area contributed by atoms with Gasteiger partial charge in [0.25, 0.3) is 0 Å². The molecule has 1 fully saturated rings. The largest absolute Gasteiger partial charge is 0.480 e. The third-order valence-corrected chi connectivity index (χ3v) is 7.04. The van der Waals surface area contributed by atoms with Gasteiger partial charge in [-0.1, -0.05) is 38.5 Å². The summed E-state index contributed by atoms with van der Waals surface area (Å²) < 4.78 is 23.9. The first-order chi connectivity index (χ1) is 9.50. The van der Waals surface area contributed by atoms with Crippen molar-refractivity contribution in [2.45, 2.75) is 50.2 Å². The minimum Gasteiger partial charge on any atom is -0.480 e. The monoisotopic (exact) mass is 310 g/mol. The number of sulfone groups is 1. The number of carboxylic acid groups (broad SMARTS) is 1. The Morgan fingerprint density at radius 2 is 1.67 bits per heavy atom. The molecule has 0 spiro atoms. The van der Waals surface area contributed by atoms with E-state index >= 15 is 0 Å². The van der Waals surface area contributed by atoms with Gasteiger partial charge in [0.1, 0.15) is 0 Å². The Morgan fingerprint density at radius 1 is 1.19 bits per heavy atom. The summed E-state index contributed by atoms with van der Waals surface area (Å²) in [6.07, 6.45) is 0.365. The Bertz CT molecular complexity index is 645. The van der Waals surface area contributed by atoms with E-state index < -0.39 is 20.6 Å². The van der Waals surface area contributed by atoms with Crippen molar-refractivity contribution in [2.75, 3.05) is 0 Å². The smallest absolute Gasteiger partial charge is 0.325 e. The lowest BCUT2D eigenvalue weighted by atomic mass is 9.62. The van der Waals surface area contributed by atoms with E-state index in [1.165, 1.54) is 12.1 Å². The molecule has 1 N–H and O–H groups in total. The maximum absolute atomic E-state index is 12.8. The molecule has 0 amide bonds. The maximum atomic E-state index is 12.8. The fourth-order valence-electron chi connectivity index (χ4n) is 2.80. The van der Waals surface area contributed by atoms with Crippen LogP contribution in [0.15, 0.2) is 29.2 Å². The topological polar surface area (TPSA) is 71.4 Å². The van der Waals surface area contributed by atoms with Crippen molar-refractivity contribution in [1.82, 2.24) is 0 Å². The molecule has 0 bridgehead atoms. The fourth-order valence-corrected chi connectivity index (χ4v) is 4.82. The first-order valence-electron chi connectivity index (χ1n) is 7.05. The van der Waals surface area contributed by atoms with Gasteiger partial charge < -0.3 is 5.11 Å². The first-order valence-corrected chi connectivity index (χ1v) is 8.54. The molecule has 0 atom stereocenters. The van der Waals surface area contributed by atoms with Crippen molar-refractivity contribution in [2.24, 2.45) is 11.3 Å². The number of aryl methyl sites for hydroxylation is 1. The quantitative estimate of drug-likeness (QED) is 0.931. The lowest BCUT2D eigenvalue weighted by Crippen LogP contribution is -2.58. The van der Waals surface area contributed by atoms with Gasteiger partial charge >= 0.3 is 5.97 Å². The van der Waals surface area contributed by atoms with Gasteiger partial charge in [0.05, 0.1) is 4.90 Å². The van der Waals surface area contributed by atoms with E-state index in [-0.39, 0.29) is 29.1 Å². The molecular weight excluding hydrogens is 288 g/mol. The number of carbonyl (C=O) groups is 1. The van der Waals surface area contributed by atoms with Crippen LogP contribution in [0.3, 0.4) is 0 Å². The fraction of sp³-hybridized carbons (Fsp3) is 0.562. The second-order valence-corrected chi connectivity index (χ2v) is 9.35. The molecular formula is C16H22O4S. The third kappa shape index (κ3) is 2.48. The third-order valence-electron chi connectivity index (χ3n) is 4.61. The highest BCUT2D eigenvalue weighted by molar-refractivity contribution is 7.93. The average Bonchev–Trinajstić information content (AvgIpc) is 2.24. The molecule has 2 rings (SSSR count). The summed E-state index contributed by atoms with van der Waals surface area (Å²) in [6, 6.07) is 6.39. The van der Waals surface area contributed by atoms with Crippen molar-refractivity contribution in [3.8, 4) is 0 Å². The minimum atomic E-state index is -3.87. The zero-order valence-electron chi connectivity index (χ0n) is 12.9. The van der Waals surface area contributed by atoms with Crippen LogP contribution in [0.5, 0.6) is 0 Å². The van der Waals surface area contributed by atoms with E-state index in [9.17, 15) is 18.3 Å². The average molecular weight is 310 g/mol. The van der Waals surface area contributed by atoms with Crippen LogP contribution in [0.4, 0.5) is 0 Å². The van der Waals surface area contributed by atoms with Crippen LogP contribution in [-0.4, -0.2) is 24.2 Å². The Balaban J connectivity index is 2.41. The van der Waals surface area contributed by atoms with Gasteiger partial charge in [-0.25, -0.2) is 8.42 Å². The normalized spacial score (nSPS) is 26.2. The summed E-state index contributed by atoms with van der Waals surface area (Å²) in [5.74, 6) is -1.13. The summed E-state index contributed by atoms with van der Waals surface area (Å²) in [5, 5.41) is 9.54. The molecule has 1 aromatic rings. The van der Waals surface area contributed by atoms with Crippen LogP contribution in [0.2, 0.25) is 0 Å². The van der Waals surface area contributed by atoms with Crippen LogP contribution in [0.1, 0.15) is 39.2 Å². The number of carboxylic acids is 1. The summed E-state index contributed by atoms with van der Waals surface area (Å²) in [4.78, 5) is 11.8. The van der Waals surface area contributed by atoms with Crippen LogP contribution in [0.25, 0.3) is 0 Å². The molecule has 0 unspecified atom stereocenters. The zero-order valence-corrected chi connectivity index (χ0v) is 13.7. The Hall–Kier alpha value is -1.36. The molecule has 1 aliphatic carbocycles. The molecule has 0 aliphatic heterocycles. The number of rotatable bonds is 3. The van der Waals surface area contributed by atoms with E-state index in [1.807, 2.05) is 27.7 Å². The van der Waals surface area contributed by atoms with Gasteiger partial charge in [0.15, 0.2) is 14.6 Å². The molecule has 0 saturated heterocycles. The summed E-state index contributed by atoms with van der Waals surface area (Å²) >= 11 is 0. The second kappa shape index (κ2) is 4.83. The van der Waals surface area contributed by atoms with Crippen LogP contribution >= 0.6 is 0 Å². The van der Waals surface area contributed by atoms with Crippen LogP contribution in [-0.2, 0) is 14.6 Å². The maximum Gasteiger partial charge on any atom is 0.325 e. The number of hydrogen-bond donors (Lipinski definition) is 1. The van der Waals surface area contributed by atoms with E-state index in [4.69, 9.17) is 0 Å². The second-order valence-electron chi connectivity index (χ2n) is 7.09. The van der Waals surface area contributed by atoms with Gasteiger partial charge in [-0.15, -0.1) is 0 Å². The lowest BCUT2D eigenvalue weighted by molar-refractivity contribution is -0.145. The molecule has 116 valence electrons. The van der Waals surface area contributed by atoms with Crippen molar-refractivity contribution in [1.29, 1.82) is 0 Å². The summed E-state index contributed by atoms with van der Waals surface area (Å²) in [5.41, 5.74) is 0.862. The molecule has 4 nitrogen and oxygen atoms in total. The van der Waals surface area contributed by atoms with Crippen molar-refractivity contribution in [3.05, 3.63) is 29.8 Å². The summed E-state index contributed by atoms with van der Waals surface area (Å²) in [7, 11) is -3.87. The van der Waals surface area contributed by atoms with Crippen molar-refractivity contribution in [3.63, 3.8) is 0 Å². The number of hydrogen-bond acceptors (Lipinski definition) is 3. The van der Waals surface area contributed by atoms with E-state index in [1.54, 1.807) is 12.1 Å². The molecule has 0 radical (unpaired) electrons. The highest BCUT2D eigenvalue weighted by atomic mass is 32.2. The Kier molecular flexibility index (Phi) is 3.69. The zero-order chi connectivity index (χ0) is 16.1. The summed E-state index contributed by atoms with van der Waals surface area (Å²) in [6.45, 7) is 7.91. The molecule has 1 aromatic carbocycles. The van der Waals surface area contributed by atoms with E-state index in [0.717, 1.165) is 5.56 Å². The molecule has 0 heterocycles. The van der Waals surface area contributed by atoms with E-state index in [2.05, 4.69) is 0 Å². The molecule has 0 aromatic heterocycles. The lowest BCUT2D eigenvalue weighted by Gasteiger charge is -2.49. The predicted octanol–water partition coefficient (Wildman–Crippen LogP) is 3.05. The molecule has 5 heteroatoms. The number of benzene rings is 1. The van der Waals surface area contributed by atoms with Gasteiger partial charge in [-0.05, 0) is 43.2 Å². The predicted molar refractivity (Wildman–Crippen MR) is 80.9 cm³/mol.